The summed E-state index contributed by atoms with van der Waals surface area (Å²) in [5.41, 5.74) is -0.612. The number of halogens is 2. The Morgan fingerprint density at radius 1 is 1.23 bits per heavy atom. The maximum atomic E-state index is 13.1. The maximum Gasteiger partial charge on any atom is 0.264 e. The molecule has 3 rings (SSSR count). The van der Waals surface area contributed by atoms with E-state index < -0.39 is 23.1 Å². The van der Waals surface area contributed by atoms with Crippen LogP contribution in [-0.4, -0.2) is 23.3 Å². The smallest absolute Gasteiger partial charge is 0.264 e. The predicted octanol–water partition coefficient (Wildman–Crippen LogP) is 4.20. The van der Waals surface area contributed by atoms with E-state index >= 15 is 0 Å². The van der Waals surface area contributed by atoms with Gasteiger partial charge in [0.1, 0.15) is 5.82 Å². The van der Waals surface area contributed by atoms with Crippen LogP contribution in [0.15, 0.2) is 46.9 Å². The number of rotatable bonds is 6. The molecule has 1 N–H and O–H groups in total. The van der Waals surface area contributed by atoms with Crippen molar-refractivity contribution in [3.05, 3.63) is 63.9 Å². The summed E-state index contributed by atoms with van der Waals surface area (Å²) in [6.45, 7) is 2.50. The number of carbonyl (C=O) groups excluding carboxylic acids is 2. The van der Waals surface area contributed by atoms with Crippen LogP contribution in [0.5, 0.6) is 0 Å². The van der Waals surface area contributed by atoms with Gasteiger partial charge in [0, 0.05) is 22.1 Å². The second-order valence-corrected chi connectivity index (χ2v) is 7.35. The van der Waals surface area contributed by atoms with Gasteiger partial charge in [0.25, 0.3) is 5.91 Å². The summed E-state index contributed by atoms with van der Waals surface area (Å²) >= 11 is 3.36. The van der Waals surface area contributed by atoms with Gasteiger partial charge < -0.3 is 10.0 Å². The van der Waals surface area contributed by atoms with Gasteiger partial charge in [-0.3, -0.25) is 9.59 Å². The lowest BCUT2D eigenvalue weighted by atomic mass is 9.88. The Morgan fingerprint density at radius 3 is 2.58 bits per heavy atom. The summed E-state index contributed by atoms with van der Waals surface area (Å²) in [5, 5.41) is 11.2. The van der Waals surface area contributed by atoms with Crippen molar-refractivity contribution < 1.29 is 19.1 Å². The van der Waals surface area contributed by atoms with E-state index in [-0.39, 0.29) is 12.0 Å². The highest BCUT2D eigenvalue weighted by Crippen LogP contribution is 2.44. The third-order valence-corrected chi connectivity index (χ3v) is 5.11. The highest BCUT2D eigenvalue weighted by atomic mass is 79.9. The van der Waals surface area contributed by atoms with E-state index in [9.17, 15) is 19.1 Å². The zero-order valence-electron chi connectivity index (χ0n) is 14.3. The van der Waals surface area contributed by atoms with Gasteiger partial charge in [-0.15, -0.1) is 0 Å². The molecule has 1 amide bonds. The zero-order chi connectivity index (χ0) is 18.9. The summed E-state index contributed by atoms with van der Waals surface area (Å²) in [5.74, 6) is -1.35. The van der Waals surface area contributed by atoms with Gasteiger partial charge in [-0.25, -0.2) is 4.39 Å². The van der Waals surface area contributed by atoms with Crippen molar-refractivity contribution >= 4 is 33.3 Å². The molecule has 0 aromatic heterocycles. The zero-order valence-corrected chi connectivity index (χ0v) is 15.9. The number of unbranched alkanes of at least 4 members (excludes halogenated alkanes) is 1. The molecule has 0 fully saturated rings. The molecule has 6 heteroatoms. The first kappa shape index (κ1) is 18.7. The molecule has 4 nitrogen and oxygen atoms in total. The normalized spacial score (nSPS) is 18.9. The molecule has 1 aliphatic rings. The topological polar surface area (TPSA) is 57.6 Å². The Bertz CT molecular complexity index is 853. The Hall–Kier alpha value is -2.05. The molecule has 136 valence electrons. The van der Waals surface area contributed by atoms with Crippen LogP contribution in [0.4, 0.5) is 10.1 Å². The molecule has 1 atom stereocenters. The van der Waals surface area contributed by atoms with E-state index in [0.717, 1.165) is 12.8 Å². The lowest BCUT2D eigenvalue weighted by molar-refractivity contribution is -0.135. The summed E-state index contributed by atoms with van der Waals surface area (Å²) < 4.78 is 13.8. The average Bonchev–Trinajstić information content (AvgIpc) is 2.81. The van der Waals surface area contributed by atoms with E-state index in [0.29, 0.717) is 22.3 Å². The second-order valence-electron chi connectivity index (χ2n) is 6.44. The standard InChI is InChI=1S/C20H19BrFNO3/c1-2-3-10-23-17-9-6-14(21)11-16(17)20(26,19(23)25)12-18(24)13-4-7-15(22)8-5-13/h4-9,11,26H,2-3,10,12H2,1H3/t20-/m1/s1. The van der Waals surface area contributed by atoms with Crippen molar-refractivity contribution in [3.8, 4) is 0 Å². The first-order valence-electron chi connectivity index (χ1n) is 8.50. The van der Waals surface area contributed by atoms with Gasteiger partial charge in [0.05, 0.1) is 12.1 Å². The molecular formula is C20H19BrFNO3. The van der Waals surface area contributed by atoms with Gasteiger partial charge in [0.15, 0.2) is 11.4 Å². The van der Waals surface area contributed by atoms with E-state index in [1.807, 2.05) is 6.92 Å². The molecule has 0 saturated heterocycles. The van der Waals surface area contributed by atoms with Crippen LogP contribution < -0.4 is 4.90 Å². The lowest BCUT2D eigenvalue weighted by Gasteiger charge is -2.22. The molecule has 1 aliphatic heterocycles. The highest BCUT2D eigenvalue weighted by Gasteiger charge is 2.50. The van der Waals surface area contributed by atoms with Crippen LogP contribution in [0.2, 0.25) is 0 Å². The fourth-order valence-electron chi connectivity index (χ4n) is 3.20. The molecule has 2 aromatic rings. The monoisotopic (exact) mass is 419 g/mol. The molecule has 26 heavy (non-hydrogen) atoms. The largest absolute Gasteiger partial charge is 0.375 e. The number of hydrogen-bond acceptors (Lipinski definition) is 3. The van der Waals surface area contributed by atoms with Crippen LogP contribution in [0.3, 0.4) is 0 Å². The van der Waals surface area contributed by atoms with Crippen LogP contribution in [-0.2, 0) is 10.4 Å². The number of carbonyl (C=O) groups is 2. The molecule has 2 aromatic carbocycles. The average molecular weight is 420 g/mol. The number of benzene rings is 2. The Labute approximate surface area is 159 Å². The molecular weight excluding hydrogens is 401 g/mol. The summed E-state index contributed by atoms with van der Waals surface area (Å²) in [4.78, 5) is 27.1. The number of fused-ring (bicyclic) bond motifs is 1. The van der Waals surface area contributed by atoms with Crippen molar-refractivity contribution in [3.63, 3.8) is 0 Å². The Kier molecular flexibility index (Phi) is 5.25. The minimum absolute atomic E-state index is 0.260. The molecule has 0 saturated carbocycles. The number of hydrogen-bond donors (Lipinski definition) is 1. The number of anilines is 1. The first-order chi connectivity index (χ1) is 12.4. The van der Waals surface area contributed by atoms with E-state index in [1.54, 1.807) is 23.1 Å². The van der Waals surface area contributed by atoms with Crippen LogP contribution in [0.1, 0.15) is 42.1 Å². The number of ketones is 1. The van der Waals surface area contributed by atoms with Crippen molar-refractivity contribution in [2.45, 2.75) is 31.8 Å². The van der Waals surface area contributed by atoms with Gasteiger partial charge in [-0.2, -0.15) is 0 Å². The lowest BCUT2D eigenvalue weighted by Crippen LogP contribution is -2.42. The first-order valence-corrected chi connectivity index (χ1v) is 9.29. The summed E-state index contributed by atoms with van der Waals surface area (Å²) in [6.07, 6.45) is 1.31. The third-order valence-electron chi connectivity index (χ3n) is 4.61. The fraction of sp³-hybridized carbons (Fsp3) is 0.300. The summed E-state index contributed by atoms with van der Waals surface area (Å²) in [7, 11) is 0. The predicted molar refractivity (Wildman–Crippen MR) is 101 cm³/mol. The number of amides is 1. The number of nitrogens with zero attached hydrogens (tertiary/aromatic N) is 1. The minimum atomic E-state index is -1.92. The minimum Gasteiger partial charge on any atom is -0.375 e. The van der Waals surface area contributed by atoms with Gasteiger partial charge in [-0.1, -0.05) is 29.3 Å². The molecule has 0 bridgehead atoms. The highest BCUT2D eigenvalue weighted by molar-refractivity contribution is 9.10. The van der Waals surface area contributed by atoms with Gasteiger partial charge in [-0.05, 0) is 48.9 Å². The quantitative estimate of drug-likeness (QED) is 0.713. The summed E-state index contributed by atoms with van der Waals surface area (Å²) in [6, 6.07) is 10.3. The molecule has 0 unspecified atom stereocenters. The molecule has 0 aliphatic carbocycles. The van der Waals surface area contributed by atoms with Gasteiger partial charge >= 0.3 is 0 Å². The van der Waals surface area contributed by atoms with Crippen molar-refractivity contribution in [2.24, 2.45) is 0 Å². The van der Waals surface area contributed by atoms with E-state index in [2.05, 4.69) is 15.9 Å². The van der Waals surface area contributed by atoms with Crippen LogP contribution >= 0.6 is 15.9 Å². The molecule has 1 heterocycles. The SMILES string of the molecule is CCCCN1C(=O)[C@@](O)(CC(=O)c2ccc(F)cc2)c2cc(Br)ccc21. The third kappa shape index (κ3) is 3.31. The second kappa shape index (κ2) is 7.29. The Balaban J connectivity index is 1.96. The van der Waals surface area contributed by atoms with Crippen molar-refractivity contribution in [2.75, 3.05) is 11.4 Å². The van der Waals surface area contributed by atoms with E-state index in [4.69, 9.17) is 0 Å². The maximum absolute atomic E-state index is 13.1. The number of Topliss-reactive ketones (excluding diaryl/α,β-unsaturated/α-hetero) is 1. The van der Waals surface area contributed by atoms with Crippen molar-refractivity contribution in [1.29, 1.82) is 0 Å². The Morgan fingerprint density at radius 2 is 1.92 bits per heavy atom. The van der Waals surface area contributed by atoms with Crippen LogP contribution in [0.25, 0.3) is 0 Å². The van der Waals surface area contributed by atoms with E-state index in [1.165, 1.54) is 24.3 Å². The fourth-order valence-corrected chi connectivity index (χ4v) is 3.56. The van der Waals surface area contributed by atoms with Crippen LogP contribution in [0, 0.1) is 5.82 Å². The molecule has 0 radical (unpaired) electrons. The molecule has 0 spiro atoms. The van der Waals surface area contributed by atoms with Crippen molar-refractivity contribution in [1.82, 2.24) is 0 Å². The van der Waals surface area contributed by atoms with Gasteiger partial charge in [0.2, 0.25) is 0 Å². The number of aliphatic hydroxyl groups is 1.